The van der Waals surface area contributed by atoms with Gasteiger partial charge in [0.15, 0.2) is 5.96 Å². The lowest BCUT2D eigenvalue weighted by Crippen LogP contribution is -2.49. The smallest absolute Gasteiger partial charge is 0.193 e. The van der Waals surface area contributed by atoms with E-state index in [0.29, 0.717) is 12.1 Å². The third kappa shape index (κ3) is 3.67. The quantitative estimate of drug-likeness (QED) is 0.563. The van der Waals surface area contributed by atoms with Gasteiger partial charge in [0, 0.05) is 46.3 Å². The Hall–Kier alpha value is -0.770. The fourth-order valence-corrected chi connectivity index (χ4v) is 2.14. The normalized spacial score (nSPS) is 20.2. The minimum Gasteiger partial charge on any atom is -0.353 e. The van der Waals surface area contributed by atoms with E-state index in [4.69, 9.17) is 0 Å². The summed E-state index contributed by atoms with van der Waals surface area (Å²) in [6.45, 7) is 6.93. The van der Waals surface area contributed by atoms with Gasteiger partial charge >= 0.3 is 0 Å². The van der Waals surface area contributed by atoms with Gasteiger partial charge in [-0.1, -0.05) is 0 Å². The number of nitrogens with one attached hydrogen (secondary N) is 1. The molecule has 1 heterocycles. The van der Waals surface area contributed by atoms with Crippen LogP contribution in [0.25, 0.3) is 0 Å². The van der Waals surface area contributed by atoms with Crippen LogP contribution in [0, 0.1) is 0 Å². The Morgan fingerprint density at radius 2 is 1.88 bits per heavy atom. The monoisotopic (exact) mass is 226 g/mol. The average Bonchev–Trinajstić information content (AvgIpc) is 2.26. The van der Waals surface area contributed by atoms with Gasteiger partial charge in [0.05, 0.1) is 0 Å². The highest BCUT2D eigenvalue weighted by molar-refractivity contribution is 5.79. The zero-order valence-corrected chi connectivity index (χ0v) is 11.3. The summed E-state index contributed by atoms with van der Waals surface area (Å²) in [5.41, 5.74) is 0. The van der Waals surface area contributed by atoms with Gasteiger partial charge in [-0.15, -0.1) is 0 Å². The third-order valence-corrected chi connectivity index (χ3v) is 3.23. The molecule has 0 spiro atoms. The summed E-state index contributed by atoms with van der Waals surface area (Å²) in [6.07, 6.45) is 2.43. The standard InChI is InChI=1S/C12H26N4/c1-10(2)16-8-6-11(7-9-16)14-12(13-3)15(4)5/h10-11H,6-9H2,1-5H3,(H,13,14). The summed E-state index contributed by atoms with van der Waals surface area (Å²) in [4.78, 5) is 8.83. The van der Waals surface area contributed by atoms with Crippen LogP contribution in [-0.2, 0) is 0 Å². The Bertz CT molecular complexity index is 227. The molecule has 4 nitrogen and oxygen atoms in total. The van der Waals surface area contributed by atoms with Crippen molar-refractivity contribution in [1.29, 1.82) is 0 Å². The second-order valence-electron chi connectivity index (χ2n) is 4.99. The zero-order chi connectivity index (χ0) is 12.1. The number of hydrogen-bond acceptors (Lipinski definition) is 2. The molecule has 0 aromatic rings. The fourth-order valence-electron chi connectivity index (χ4n) is 2.14. The van der Waals surface area contributed by atoms with Crippen molar-refractivity contribution in [2.75, 3.05) is 34.2 Å². The molecule has 0 amide bonds. The molecule has 0 atom stereocenters. The molecule has 0 aromatic carbocycles. The molecule has 0 radical (unpaired) electrons. The maximum Gasteiger partial charge on any atom is 0.193 e. The molecule has 1 aliphatic rings. The largest absolute Gasteiger partial charge is 0.353 e. The van der Waals surface area contributed by atoms with E-state index >= 15 is 0 Å². The Balaban J connectivity index is 2.37. The minimum absolute atomic E-state index is 0.580. The van der Waals surface area contributed by atoms with Crippen LogP contribution in [-0.4, -0.2) is 62.1 Å². The van der Waals surface area contributed by atoms with Gasteiger partial charge < -0.3 is 15.1 Å². The molecule has 1 fully saturated rings. The van der Waals surface area contributed by atoms with Crippen LogP contribution in [0.1, 0.15) is 26.7 Å². The first-order valence-electron chi connectivity index (χ1n) is 6.19. The second-order valence-corrected chi connectivity index (χ2v) is 4.99. The van der Waals surface area contributed by atoms with Crippen LogP contribution in [0.15, 0.2) is 4.99 Å². The van der Waals surface area contributed by atoms with Crippen molar-refractivity contribution in [3.05, 3.63) is 0 Å². The first-order valence-corrected chi connectivity index (χ1v) is 6.19. The van der Waals surface area contributed by atoms with Crippen molar-refractivity contribution in [3.8, 4) is 0 Å². The van der Waals surface area contributed by atoms with Gasteiger partial charge in [0.1, 0.15) is 0 Å². The lowest BCUT2D eigenvalue weighted by atomic mass is 10.0. The maximum absolute atomic E-state index is 4.25. The minimum atomic E-state index is 0.580. The first kappa shape index (κ1) is 13.3. The fraction of sp³-hybridized carbons (Fsp3) is 0.917. The molecule has 0 aliphatic carbocycles. The van der Waals surface area contributed by atoms with E-state index in [-0.39, 0.29) is 0 Å². The van der Waals surface area contributed by atoms with Gasteiger partial charge in [-0.25, -0.2) is 0 Å². The van der Waals surface area contributed by atoms with Crippen molar-refractivity contribution >= 4 is 5.96 Å². The Morgan fingerprint density at radius 1 is 1.31 bits per heavy atom. The summed E-state index contributed by atoms with van der Waals surface area (Å²) >= 11 is 0. The van der Waals surface area contributed by atoms with Gasteiger partial charge in [0.25, 0.3) is 0 Å². The Morgan fingerprint density at radius 3 is 2.25 bits per heavy atom. The molecule has 0 saturated carbocycles. The van der Waals surface area contributed by atoms with Crippen molar-refractivity contribution in [3.63, 3.8) is 0 Å². The molecule has 16 heavy (non-hydrogen) atoms. The molecule has 1 saturated heterocycles. The van der Waals surface area contributed by atoms with E-state index in [0.717, 1.165) is 5.96 Å². The van der Waals surface area contributed by atoms with Crippen molar-refractivity contribution in [1.82, 2.24) is 15.1 Å². The van der Waals surface area contributed by atoms with E-state index in [1.54, 1.807) is 0 Å². The molecule has 1 N–H and O–H groups in total. The number of aliphatic imine (C=N–C) groups is 1. The van der Waals surface area contributed by atoms with Crippen LogP contribution < -0.4 is 5.32 Å². The molecule has 0 bridgehead atoms. The summed E-state index contributed by atoms with van der Waals surface area (Å²) in [6, 6.07) is 1.25. The van der Waals surface area contributed by atoms with Gasteiger partial charge in [-0.3, -0.25) is 4.99 Å². The van der Waals surface area contributed by atoms with Crippen LogP contribution in [0.3, 0.4) is 0 Å². The summed E-state index contributed by atoms with van der Waals surface area (Å²) in [5, 5.41) is 3.51. The maximum atomic E-state index is 4.25. The van der Waals surface area contributed by atoms with Crippen LogP contribution >= 0.6 is 0 Å². The van der Waals surface area contributed by atoms with E-state index in [9.17, 15) is 0 Å². The predicted molar refractivity (Wildman–Crippen MR) is 69.9 cm³/mol. The van der Waals surface area contributed by atoms with Crippen LogP contribution in [0.4, 0.5) is 0 Å². The highest BCUT2D eigenvalue weighted by Crippen LogP contribution is 2.12. The SMILES string of the molecule is CN=C(NC1CCN(C(C)C)CC1)N(C)C. The van der Waals surface area contributed by atoms with Crippen LogP contribution in [0.2, 0.25) is 0 Å². The third-order valence-electron chi connectivity index (χ3n) is 3.23. The summed E-state index contributed by atoms with van der Waals surface area (Å²) < 4.78 is 0. The van der Waals surface area contributed by atoms with Crippen molar-refractivity contribution in [2.45, 2.75) is 38.8 Å². The summed E-state index contributed by atoms with van der Waals surface area (Å²) in [5.74, 6) is 0.989. The molecule has 0 aromatic heterocycles. The second kappa shape index (κ2) is 6.09. The molecule has 4 heteroatoms. The molecule has 1 aliphatic heterocycles. The first-order chi connectivity index (χ1) is 7.54. The van der Waals surface area contributed by atoms with E-state index in [1.165, 1.54) is 25.9 Å². The number of piperidine rings is 1. The number of nitrogens with zero attached hydrogens (tertiary/aromatic N) is 3. The van der Waals surface area contributed by atoms with Gasteiger partial charge in [-0.05, 0) is 26.7 Å². The molecular formula is C12H26N4. The predicted octanol–water partition coefficient (Wildman–Crippen LogP) is 0.996. The molecular weight excluding hydrogens is 200 g/mol. The molecule has 1 rings (SSSR count). The number of rotatable bonds is 2. The lowest BCUT2D eigenvalue weighted by Gasteiger charge is -2.36. The topological polar surface area (TPSA) is 30.9 Å². The van der Waals surface area contributed by atoms with E-state index in [2.05, 4.69) is 29.1 Å². The summed E-state index contributed by atoms with van der Waals surface area (Å²) in [7, 11) is 5.89. The molecule has 0 unspecified atom stereocenters. The van der Waals surface area contributed by atoms with Gasteiger partial charge in [0.2, 0.25) is 0 Å². The zero-order valence-electron chi connectivity index (χ0n) is 11.3. The number of guanidine groups is 1. The highest BCUT2D eigenvalue weighted by atomic mass is 15.3. The Labute approximate surface area is 99.7 Å². The highest BCUT2D eigenvalue weighted by Gasteiger charge is 2.21. The lowest BCUT2D eigenvalue weighted by molar-refractivity contribution is 0.166. The van der Waals surface area contributed by atoms with Gasteiger partial charge in [-0.2, -0.15) is 0 Å². The number of hydrogen-bond donors (Lipinski definition) is 1. The van der Waals surface area contributed by atoms with Crippen molar-refractivity contribution in [2.24, 2.45) is 4.99 Å². The van der Waals surface area contributed by atoms with Crippen molar-refractivity contribution < 1.29 is 0 Å². The number of likely N-dealkylation sites (tertiary alicyclic amines) is 1. The van der Waals surface area contributed by atoms with E-state index < -0.39 is 0 Å². The Kier molecular flexibility index (Phi) is 5.06. The average molecular weight is 226 g/mol. The van der Waals surface area contributed by atoms with Crippen LogP contribution in [0.5, 0.6) is 0 Å². The molecule has 94 valence electrons. The van der Waals surface area contributed by atoms with E-state index in [1.807, 2.05) is 26.0 Å².